The lowest BCUT2D eigenvalue weighted by molar-refractivity contribution is 0.309. The van der Waals surface area contributed by atoms with Crippen molar-refractivity contribution >= 4 is 21.1 Å². The average molecular weight is 426 g/mol. The fourth-order valence-electron chi connectivity index (χ4n) is 3.95. The lowest BCUT2D eigenvalue weighted by Gasteiger charge is -2.29. The second kappa shape index (κ2) is 7.71. The number of rotatable bonds is 8. The quantitative estimate of drug-likeness (QED) is 0.550. The van der Waals surface area contributed by atoms with Crippen molar-refractivity contribution in [3.05, 3.63) is 53.9 Å². The van der Waals surface area contributed by atoms with Crippen LogP contribution in [0, 0.1) is 5.92 Å². The first-order chi connectivity index (χ1) is 14.5. The van der Waals surface area contributed by atoms with Crippen LogP contribution < -0.4 is 4.74 Å². The maximum Gasteiger partial charge on any atom is 0.243 e. The van der Waals surface area contributed by atoms with E-state index in [1.807, 2.05) is 25.1 Å². The molecule has 0 N–H and O–H groups in total. The van der Waals surface area contributed by atoms with Gasteiger partial charge in [-0.15, -0.1) is 0 Å². The number of fused-ring (bicyclic) bond motifs is 1. The molecule has 1 saturated heterocycles. The number of sulfonamides is 1. The number of imidazole rings is 1. The summed E-state index contributed by atoms with van der Waals surface area (Å²) in [4.78, 5) is 5.22. The van der Waals surface area contributed by atoms with Crippen LogP contribution in [0.4, 0.5) is 0 Å². The predicted molar refractivity (Wildman–Crippen MR) is 116 cm³/mol. The van der Waals surface area contributed by atoms with Gasteiger partial charge < -0.3 is 9.30 Å². The minimum atomic E-state index is -3.41. The smallest absolute Gasteiger partial charge is 0.243 e. The Hall–Kier alpha value is -2.38. The van der Waals surface area contributed by atoms with Gasteiger partial charge in [0.05, 0.1) is 22.5 Å². The van der Waals surface area contributed by atoms with E-state index in [9.17, 15) is 8.42 Å². The highest BCUT2D eigenvalue weighted by Gasteiger charge is 2.30. The van der Waals surface area contributed by atoms with Crippen molar-refractivity contribution in [3.63, 3.8) is 0 Å². The second-order valence-electron chi connectivity index (χ2n) is 8.24. The molecule has 0 unspecified atom stereocenters. The minimum absolute atomic E-state index is 0.346. The van der Waals surface area contributed by atoms with E-state index < -0.39 is 10.0 Å². The zero-order chi connectivity index (χ0) is 20.7. The van der Waals surface area contributed by atoms with Crippen LogP contribution in [0.5, 0.6) is 5.75 Å². The first-order valence-corrected chi connectivity index (χ1v) is 12.2. The van der Waals surface area contributed by atoms with Crippen molar-refractivity contribution in [1.82, 2.24) is 13.9 Å². The highest BCUT2D eigenvalue weighted by atomic mass is 32.2. The molecule has 2 fully saturated rings. The van der Waals surface area contributed by atoms with Gasteiger partial charge >= 0.3 is 0 Å². The van der Waals surface area contributed by atoms with E-state index >= 15 is 0 Å². The van der Waals surface area contributed by atoms with Gasteiger partial charge in [-0.05, 0) is 68.0 Å². The fourth-order valence-corrected chi connectivity index (χ4v) is 5.48. The Balaban J connectivity index is 1.49. The molecule has 0 amide bonds. The first kappa shape index (κ1) is 19.6. The SMILES string of the molecule is CCOc1ccc(Cc2nc3cc(S(=O)(=O)N4CCC4)ccc3n2CC2CC2)cc1. The van der Waals surface area contributed by atoms with Gasteiger partial charge in [-0.25, -0.2) is 13.4 Å². The molecule has 2 aromatic carbocycles. The summed E-state index contributed by atoms with van der Waals surface area (Å²) in [7, 11) is -3.41. The zero-order valence-electron chi connectivity index (χ0n) is 17.3. The van der Waals surface area contributed by atoms with Gasteiger partial charge in [0.15, 0.2) is 0 Å². The van der Waals surface area contributed by atoms with Gasteiger partial charge in [-0.2, -0.15) is 4.31 Å². The molecule has 30 heavy (non-hydrogen) atoms. The van der Waals surface area contributed by atoms with E-state index in [4.69, 9.17) is 9.72 Å². The standard InChI is InChI=1S/C23H27N3O3S/c1-2-29-19-8-6-17(7-9-19)14-23-24-21-15-20(30(27,28)25-12-3-13-25)10-11-22(21)26(23)16-18-4-5-18/h6-11,15,18H,2-5,12-14,16H2,1H3. The molecule has 2 aliphatic rings. The number of ether oxygens (including phenoxy) is 1. The Bertz CT molecular complexity index is 1160. The summed E-state index contributed by atoms with van der Waals surface area (Å²) in [6, 6.07) is 13.5. The number of hydrogen-bond donors (Lipinski definition) is 0. The van der Waals surface area contributed by atoms with Gasteiger partial charge in [-0.1, -0.05) is 12.1 Å². The number of benzene rings is 2. The molecule has 3 aromatic rings. The Kier molecular flexibility index (Phi) is 5.03. The predicted octanol–water partition coefficient (Wildman–Crippen LogP) is 3.83. The Labute approximate surface area is 177 Å². The third kappa shape index (κ3) is 3.72. The second-order valence-corrected chi connectivity index (χ2v) is 10.2. The Morgan fingerprint density at radius 3 is 2.50 bits per heavy atom. The monoisotopic (exact) mass is 425 g/mol. The normalized spacial score (nSPS) is 17.2. The molecule has 0 atom stereocenters. The summed E-state index contributed by atoms with van der Waals surface area (Å²) in [6.45, 7) is 4.80. The van der Waals surface area contributed by atoms with Crippen molar-refractivity contribution in [2.24, 2.45) is 5.92 Å². The van der Waals surface area contributed by atoms with Gasteiger partial charge in [0.25, 0.3) is 0 Å². The van der Waals surface area contributed by atoms with Crippen molar-refractivity contribution in [2.45, 2.75) is 44.0 Å². The van der Waals surface area contributed by atoms with Crippen LogP contribution in [0.25, 0.3) is 11.0 Å². The number of hydrogen-bond acceptors (Lipinski definition) is 4. The van der Waals surface area contributed by atoms with Gasteiger partial charge in [-0.3, -0.25) is 0 Å². The van der Waals surface area contributed by atoms with E-state index in [2.05, 4.69) is 16.7 Å². The molecule has 5 rings (SSSR count). The van der Waals surface area contributed by atoms with Crippen LogP contribution in [-0.4, -0.2) is 42.0 Å². The molecule has 1 saturated carbocycles. The molecule has 1 aromatic heterocycles. The van der Waals surface area contributed by atoms with Gasteiger partial charge in [0, 0.05) is 26.1 Å². The number of nitrogens with zero attached hydrogens (tertiary/aromatic N) is 3. The summed E-state index contributed by atoms with van der Waals surface area (Å²) in [5.41, 5.74) is 2.95. The van der Waals surface area contributed by atoms with Crippen LogP contribution >= 0.6 is 0 Å². The van der Waals surface area contributed by atoms with E-state index in [1.54, 1.807) is 12.1 Å². The van der Waals surface area contributed by atoms with Crippen LogP contribution in [0.3, 0.4) is 0 Å². The largest absolute Gasteiger partial charge is 0.494 e. The summed E-state index contributed by atoms with van der Waals surface area (Å²) in [5, 5.41) is 0. The molecule has 1 aliphatic carbocycles. The molecule has 7 heteroatoms. The molecule has 158 valence electrons. The van der Waals surface area contributed by atoms with Crippen molar-refractivity contribution in [2.75, 3.05) is 19.7 Å². The van der Waals surface area contributed by atoms with E-state index in [0.717, 1.165) is 35.6 Å². The van der Waals surface area contributed by atoms with Crippen LogP contribution in [0.15, 0.2) is 47.4 Å². The molecule has 0 radical (unpaired) electrons. The van der Waals surface area contributed by atoms with Gasteiger partial charge in [0.2, 0.25) is 10.0 Å². The van der Waals surface area contributed by atoms with Crippen molar-refractivity contribution < 1.29 is 13.2 Å². The maximum absolute atomic E-state index is 12.8. The molecule has 2 heterocycles. The molecule has 6 nitrogen and oxygen atoms in total. The van der Waals surface area contributed by atoms with Crippen molar-refractivity contribution in [1.29, 1.82) is 0 Å². The lowest BCUT2D eigenvalue weighted by Crippen LogP contribution is -2.41. The number of aromatic nitrogens is 2. The molecule has 0 spiro atoms. The summed E-state index contributed by atoms with van der Waals surface area (Å²) >= 11 is 0. The third-order valence-corrected chi connectivity index (χ3v) is 7.88. The van der Waals surface area contributed by atoms with Crippen molar-refractivity contribution in [3.8, 4) is 5.75 Å². The fraction of sp³-hybridized carbons (Fsp3) is 0.435. The maximum atomic E-state index is 12.8. The summed E-state index contributed by atoms with van der Waals surface area (Å²) in [5.74, 6) is 2.55. The van der Waals surface area contributed by atoms with E-state index in [-0.39, 0.29) is 0 Å². The average Bonchev–Trinajstić information content (AvgIpc) is 3.44. The van der Waals surface area contributed by atoms with Crippen LogP contribution in [0.1, 0.15) is 37.6 Å². The van der Waals surface area contributed by atoms with Crippen LogP contribution in [-0.2, 0) is 23.0 Å². The van der Waals surface area contributed by atoms with Crippen LogP contribution in [0.2, 0.25) is 0 Å². The molecule has 1 aliphatic heterocycles. The topological polar surface area (TPSA) is 64.4 Å². The first-order valence-electron chi connectivity index (χ1n) is 10.8. The summed E-state index contributed by atoms with van der Waals surface area (Å²) in [6.07, 6.45) is 4.15. The Morgan fingerprint density at radius 1 is 1.10 bits per heavy atom. The minimum Gasteiger partial charge on any atom is -0.494 e. The molecule has 0 bridgehead atoms. The summed E-state index contributed by atoms with van der Waals surface area (Å²) < 4.78 is 34.9. The zero-order valence-corrected chi connectivity index (χ0v) is 18.1. The molecular formula is C23H27N3O3S. The molecular weight excluding hydrogens is 398 g/mol. The third-order valence-electron chi connectivity index (χ3n) is 5.99. The van der Waals surface area contributed by atoms with E-state index in [1.165, 1.54) is 22.7 Å². The highest BCUT2D eigenvalue weighted by molar-refractivity contribution is 7.89. The highest BCUT2D eigenvalue weighted by Crippen LogP contribution is 2.33. The van der Waals surface area contributed by atoms with E-state index in [0.29, 0.717) is 36.9 Å². The van der Waals surface area contributed by atoms with Gasteiger partial charge in [0.1, 0.15) is 11.6 Å². The Morgan fingerprint density at radius 2 is 1.87 bits per heavy atom. The lowest BCUT2D eigenvalue weighted by atomic mass is 10.1.